The summed E-state index contributed by atoms with van der Waals surface area (Å²) < 4.78 is 11.1. The van der Waals surface area contributed by atoms with Crippen molar-refractivity contribution in [2.45, 2.75) is 30.5 Å². The van der Waals surface area contributed by atoms with Gasteiger partial charge >= 0.3 is 0 Å². The van der Waals surface area contributed by atoms with Crippen LogP contribution in [0.4, 0.5) is 0 Å². The summed E-state index contributed by atoms with van der Waals surface area (Å²) in [7, 11) is 0. The summed E-state index contributed by atoms with van der Waals surface area (Å²) in [6.07, 6.45) is -7.52. The van der Waals surface area contributed by atoms with Crippen LogP contribution < -0.4 is 5.43 Å². The molecule has 0 spiro atoms. The Morgan fingerprint density at radius 2 is 1.65 bits per heavy atom. The van der Waals surface area contributed by atoms with Gasteiger partial charge in [-0.05, 0) is 24.3 Å². The number of aliphatic hydroxyl groups is 4. The minimum absolute atomic E-state index is 0.0114. The van der Waals surface area contributed by atoms with E-state index in [1.54, 1.807) is 0 Å². The van der Waals surface area contributed by atoms with Crippen molar-refractivity contribution in [1.82, 2.24) is 0 Å². The quantitative estimate of drug-likeness (QED) is 0.298. The maximum absolute atomic E-state index is 12.7. The van der Waals surface area contributed by atoms with Crippen molar-refractivity contribution in [2.75, 3.05) is 6.61 Å². The Kier molecular flexibility index (Phi) is 5.33. The predicted octanol–water partition coefficient (Wildman–Crippen LogP) is 0.0917. The van der Waals surface area contributed by atoms with E-state index in [0.717, 1.165) is 12.1 Å². The molecule has 3 aromatic rings. The molecule has 1 aliphatic heterocycles. The lowest BCUT2D eigenvalue weighted by molar-refractivity contribution is -0.0762. The van der Waals surface area contributed by atoms with Crippen LogP contribution in [-0.2, 0) is 4.74 Å². The second kappa shape index (κ2) is 7.84. The number of phenols is 3. The van der Waals surface area contributed by atoms with E-state index >= 15 is 0 Å². The van der Waals surface area contributed by atoms with Crippen LogP contribution in [-0.4, -0.2) is 66.8 Å². The van der Waals surface area contributed by atoms with Crippen molar-refractivity contribution < 1.29 is 44.9 Å². The molecule has 5 unspecified atom stereocenters. The normalized spacial score (nSPS) is 24.5. The predicted molar refractivity (Wildman–Crippen MR) is 106 cm³/mol. The van der Waals surface area contributed by atoms with Gasteiger partial charge < -0.3 is 44.9 Å². The largest absolute Gasteiger partial charge is 0.508 e. The van der Waals surface area contributed by atoms with Gasteiger partial charge in [0.25, 0.3) is 0 Å². The molecule has 1 aromatic heterocycles. The maximum atomic E-state index is 12.7. The summed E-state index contributed by atoms with van der Waals surface area (Å²) in [5.74, 6) is -1.21. The van der Waals surface area contributed by atoms with Gasteiger partial charge in [0.15, 0.2) is 11.0 Å². The summed E-state index contributed by atoms with van der Waals surface area (Å²) >= 11 is 0. The molecule has 7 N–H and O–H groups in total. The highest BCUT2D eigenvalue weighted by Gasteiger charge is 2.47. The van der Waals surface area contributed by atoms with E-state index in [1.165, 1.54) is 24.3 Å². The Morgan fingerprint density at radius 3 is 2.26 bits per heavy atom. The molecule has 0 radical (unpaired) electrons. The molecular formula is C21H20O10. The third-order valence-corrected chi connectivity index (χ3v) is 5.34. The molecular weight excluding hydrogens is 412 g/mol. The number of benzene rings is 2. The number of aliphatic hydroxyl groups excluding tert-OH is 4. The van der Waals surface area contributed by atoms with Gasteiger partial charge in [0.1, 0.15) is 58.9 Å². The molecule has 0 saturated carbocycles. The number of aromatic hydroxyl groups is 3. The number of hydrogen-bond acceptors (Lipinski definition) is 10. The summed E-state index contributed by atoms with van der Waals surface area (Å²) in [6, 6.07) is 7.64. The SMILES string of the molecule is O=c1cc(-c2ccc(O)cc2)oc2c(C(O)C3OC(CO)C(O)C3O)c(O)cc(O)c12. The van der Waals surface area contributed by atoms with E-state index in [0.29, 0.717) is 5.56 Å². The van der Waals surface area contributed by atoms with Gasteiger partial charge in [-0.2, -0.15) is 0 Å². The van der Waals surface area contributed by atoms with Crippen LogP contribution in [0.3, 0.4) is 0 Å². The van der Waals surface area contributed by atoms with Crippen LogP contribution in [0.5, 0.6) is 17.2 Å². The molecule has 2 aromatic carbocycles. The van der Waals surface area contributed by atoms with Gasteiger partial charge in [0.2, 0.25) is 0 Å². The standard InChI is InChI=1S/C21H20O10/c22-7-14-17(27)19(29)21(31-14)18(28)16-11(25)5-10(24)15-12(26)6-13(30-20(15)16)8-1-3-9(23)4-2-8/h1-6,14,17-19,21-25,27-29H,7H2. The molecule has 164 valence electrons. The Bertz CT molecular complexity index is 1170. The molecule has 1 saturated heterocycles. The van der Waals surface area contributed by atoms with Crippen molar-refractivity contribution in [2.24, 2.45) is 0 Å². The molecule has 10 nitrogen and oxygen atoms in total. The Balaban J connectivity index is 1.90. The van der Waals surface area contributed by atoms with E-state index in [2.05, 4.69) is 0 Å². The average molecular weight is 432 g/mol. The summed E-state index contributed by atoms with van der Waals surface area (Å²) in [5.41, 5.74) is -0.969. The first kappa shape index (κ1) is 21.1. The first-order valence-electron chi connectivity index (χ1n) is 9.35. The fourth-order valence-electron chi connectivity index (χ4n) is 3.73. The smallest absolute Gasteiger partial charge is 0.197 e. The van der Waals surface area contributed by atoms with Crippen LogP contribution in [0, 0.1) is 0 Å². The number of hydrogen-bond donors (Lipinski definition) is 7. The molecule has 0 amide bonds. The van der Waals surface area contributed by atoms with E-state index < -0.39 is 54.1 Å². The lowest BCUT2D eigenvalue weighted by Gasteiger charge is -2.23. The van der Waals surface area contributed by atoms with Crippen LogP contribution in [0.2, 0.25) is 0 Å². The average Bonchev–Trinajstić information content (AvgIpc) is 3.02. The number of phenolic OH excluding ortho intramolecular Hbond substituents is 3. The molecule has 2 heterocycles. The van der Waals surface area contributed by atoms with Gasteiger partial charge in [-0.1, -0.05) is 0 Å². The first-order chi connectivity index (χ1) is 14.7. The minimum atomic E-state index is -1.79. The Labute approximate surface area is 174 Å². The maximum Gasteiger partial charge on any atom is 0.197 e. The second-order valence-electron chi connectivity index (χ2n) is 7.30. The van der Waals surface area contributed by atoms with Crippen molar-refractivity contribution in [3.63, 3.8) is 0 Å². The van der Waals surface area contributed by atoms with Gasteiger partial charge in [0.05, 0.1) is 12.2 Å². The molecule has 1 fully saturated rings. The van der Waals surface area contributed by atoms with Gasteiger partial charge in [0, 0.05) is 17.7 Å². The third kappa shape index (κ3) is 3.50. The van der Waals surface area contributed by atoms with E-state index in [9.17, 15) is 40.5 Å². The number of rotatable bonds is 4. The van der Waals surface area contributed by atoms with Gasteiger partial charge in [-0.15, -0.1) is 0 Å². The van der Waals surface area contributed by atoms with Crippen LogP contribution >= 0.6 is 0 Å². The highest BCUT2D eigenvalue weighted by Crippen LogP contribution is 2.42. The first-order valence-corrected chi connectivity index (χ1v) is 9.35. The number of ether oxygens (including phenoxy) is 1. The van der Waals surface area contributed by atoms with Crippen LogP contribution in [0.25, 0.3) is 22.3 Å². The third-order valence-electron chi connectivity index (χ3n) is 5.34. The van der Waals surface area contributed by atoms with E-state index in [-0.39, 0.29) is 28.0 Å². The van der Waals surface area contributed by atoms with E-state index in [1.807, 2.05) is 0 Å². The summed E-state index contributed by atoms with van der Waals surface area (Å²) in [5, 5.41) is 70.1. The summed E-state index contributed by atoms with van der Waals surface area (Å²) in [4.78, 5) is 12.7. The number of fused-ring (bicyclic) bond motifs is 1. The fraction of sp³-hybridized carbons (Fsp3) is 0.286. The zero-order valence-corrected chi connectivity index (χ0v) is 15.9. The van der Waals surface area contributed by atoms with Crippen molar-refractivity contribution in [3.8, 4) is 28.6 Å². The topological polar surface area (TPSA) is 181 Å². The van der Waals surface area contributed by atoms with Crippen molar-refractivity contribution >= 4 is 11.0 Å². The minimum Gasteiger partial charge on any atom is -0.508 e. The van der Waals surface area contributed by atoms with Crippen LogP contribution in [0.15, 0.2) is 45.6 Å². The zero-order chi connectivity index (χ0) is 22.4. The molecule has 31 heavy (non-hydrogen) atoms. The molecule has 1 aliphatic rings. The van der Waals surface area contributed by atoms with E-state index in [4.69, 9.17) is 9.15 Å². The lowest BCUT2D eigenvalue weighted by Crippen LogP contribution is -2.36. The van der Waals surface area contributed by atoms with Crippen molar-refractivity contribution in [1.29, 1.82) is 0 Å². The second-order valence-corrected chi connectivity index (χ2v) is 7.30. The molecule has 5 atom stereocenters. The Hall–Kier alpha value is -3.15. The molecule has 10 heteroatoms. The lowest BCUT2D eigenvalue weighted by atomic mass is 9.95. The van der Waals surface area contributed by atoms with Crippen molar-refractivity contribution in [3.05, 3.63) is 52.2 Å². The monoisotopic (exact) mass is 432 g/mol. The molecule has 0 bridgehead atoms. The highest BCUT2D eigenvalue weighted by atomic mass is 16.6. The molecule has 4 rings (SSSR count). The fourth-order valence-corrected chi connectivity index (χ4v) is 3.73. The van der Waals surface area contributed by atoms with Crippen LogP contribution in [0.1, 0.15) is 11.7 Å². The highest BCUT2D eigenvalue weighted by molar-refractivity contribution is 5.89. The van der Waals surface area contributed by atoms with Gasteiger partial charge in [-0.25, -0.2) is 0 Å². The Morgan fingerprint density at radius 1 is 0.968 bits per heavy atom. The summed E-state index contributed by atoms with van der Waals surface area (Å²) in [6.45, 7) is -0.621. The molecule has 0 aliphatic carbocycles. The zero-order valence-electron chi connectivity index (χ0n) is 15.9. The van der Waals surface area contributed by atoms with Gasteiger partial charge in [-0.3, -0.25) is 4.79 Å².